The minimum absolute atomic E-state index is 0.0776. The number of carbonyl (C=O) groups excluding carboxylic acids is 1. The molecule has 0 bridgehead atoms. The van der Waals surface area contributed by atoms with Crippen LogP contribution in [0.25, 0.3) is 11.1 Å². The van der Waals surface area contributed by atoms with Crippen molar-refractivity contribution in [1.82, 2.24) is 5.32 Å². The van der Waals surface area contributed by atoms with Crippen molar-refractivity contribution in [1.29, 1.82) is 0 Å². The molecule has 2 nitrogen and oxygen atoms in total. The minimum Gasteiger partial charge on any atom is -0.353 e. The Labute approximate surface area is 193 Å². The summed E-state index contributed by atoms with van der Waals surface area (Å²) in [6.07, 6.45) is 9.35. The van der Waals surface area contributed by atoms with E-state index >= 15 is 0 Å². The van der Waals surface area contributed by atoms with Gasteiger partial charge in [0.15, 0.2) is 0 Å². The first-order valence-corrected chi connectivity index (χ1v) is 12.4. The van der Waals surface area contributed by atoms with Gasteiger partial charge in [-0.05, 0) is 60.3 Å². The van der Waals surface area contributed by atoms with E-state index in [1.807, 2.05) is 0 Å². The van der Waals surface area contributed by atoms with E-state index in [0.717, 1.165) is 25.7 Å². The Kier molecular flexibility index (Phi) is 6.98. The van der Waals surface area contributed by atoms with Gasteiger partial charge >= 0.3 is 0 Å². The fourth-order valence-electron chi connectivity index (χ4n) is 6.34. The van der Waals surface area contributed by atoms with Crippen molar-refractivity contribution in [2.75, 3.05) is 0 Å². The van der Waals surface area contributed by atoms with Gasteiger partial charge in [-0.15, -0.1) is 0 Å². The lowest BCUT2D eigenvalue weighted by Gasteiger charge is -2.37. The van der Waals surface area contributed by atoms with Gasteiger partial charge in [0.1, 0.15) is 0 Å². The predicted molar refractivity (Wildman–Crippen MR) is 135 cm³/mol. The van der Waals surface area contributed by atoms with Crippen molar-refractivity contribution in [3.8, 4) is 0 Å². The van der Waals surface area contributed by atoms with Crippen LogP contribution >= 0.6 is 0 Å². The molecule has 1 N–H and O–H groups in total. The number of benzene rings is 2. The van der Waals surface area contributed by atoms with E-state index in [-0.39, 0.29) is 17.4 Å². The lowest BCUT2D eigenvalue weighted by Crippen LogP contribution is -2.39. The summed E-state index contributed by atoms with van der Waals surface area (Å²) in [4.78, 5) is 12.1. The first-order chi connectivity index (χ1) is 15.6. The molecule has 0 radical (unpaired) electrons. The molecule has 2 heteroatoms. The third kappa shape index (κ3) is 4.20. The second-order valence-corrected chi connectivity index (χ2v) is 9.63. The fraction of sp³-hybridized carbons (Fsp3) is 0.433. The zero-order valence-corrected chi connectivity index (χ0v) is 19.7. The standard InChI is InChI=1S/C30H37NO/c1-4-5-6-9-18-26-21-27-28(31-23(3)32)19-20-30(27,22(2)24-14-10-7-11-15-24)29(26)25-16-12-8-13-17-25/h7-8,10-17,27-28H,2,4-6,9,18-21H2,1,3H3,(H,31,32)/t27?,28-,30+/m1/s1. The Bertz CT molecular complexity index is 974. The summed E-state index contributed by atoms with van der Waals surface area (Å²) < 4.78 is 0. The van der Waals surface area contributed by atoms with Gasteiger partial charge in [-0.3, -0.25) is 4.79 Å². The van der Waals surface area contributed by atoms with Crippen molar-refractivity contribution in [3.63, 3.8) is 0 Å². The lowest BCUT2D eigenvalue weighted by atomic mass is 9.66. The van der Waals surface area contributed by atoms with Gasteiger partial charge in [-0.25, -0.2) is 0 Å². The highest BCUT2D eigenvalue weighted by Gasteiger charge is 2.57. The molecule has 168 valence electrons. The average molecular weight is 428 g/mol. The quantitative estimate of drug-likeness (QED) is 0.414. The molecule has 0 aromatic heterocycles. The van der Waals surface area contributed by atoms with Crippen molar-refractivity contribution in [2.45, 2.75) is 71.3 Å². The summed E-state index contributed by atoms with van der Waals surface area (Å²) in [5, 5.41) is 3.31. The Morgan fingerprint density at radius 2 is 1.72 bits per heavy atom. The maximum absolute atomic E-state index is 12.1. The van der Waals surface area contributed by atoms with E-state index < -0.39 is 0 Å². The van der Waals surface area contributed by atoms with Crippen LogP contribution in [0.4, 0.5) is 0 Å². The fourth-order valence-corrected chi connectivity index (χ4v) is 6.34. The van der Waals surface area contributed by atoms with Crippen LogP contribution in [0.2, 0.25) is 0 Å². The number of hydrogen-bond acceptors (Lipinski definition) is 1. The molecule has 1 fully saturated rings. The summed E-state index contributed by atoms with van der Waals surface area (Å²) in [5.74, 6) is 0.448. The topological polar surface area (TPSA) is 29.1 Å². The number of rotatable bonds is 9. The lowest BCUT2D eigenvalue weighted by molar-refractivity contribution is -0.119. The molecule has 2 aliphatic carbocycles. The highest BCUT2D eigenvalue weighted by Crippen LogP contribution is 2.66. The van der Waals surface area contributed by atoms with Crippen LogP contribution in [0.5, 0.6) is 0 Å². The first kappa shape index (κ1) is 22.6. The van der Waals surface area contributed by atoms with E-state index in [1.165, 1.54) is 48.0 Å². The first-order valence-electron chi connectivity index (χ1n) is 12.4. The van der Waals surface area contributed by atoms with Gasteiger partial charge in [0.05, 0.1) is 0 Å². The molecule has 1 amide bonds. The summed E-state index contributed by atoms with van der Waals surface area (Å²) in [6.45, 7) is 8.65. The molecule has 3 atom stereocenters. The normalized spacial score (nSPS) is 24.4. The van der Waals surface area contributed by atoms with Gasteiger partial charge < -0.3 is 5.32 Å². The van der Waals surface area contributed by atoms with E-state index in [1.54, 1.807) is 12.5 Å². The SMILES string of the molecule is C=C(c1ccccc1)[C@@]12CC[C@@H](NC(C)=O)C1CC(CCCCCC)=C2c1ccccc1. The van der Waals surface area contributed by atoms with Crippen LogP contribution in [-0.4, -0.2) is 11.9 Å². The predicted octanol–water partition coefficient (Wildman–Crippen LogP) is 7.43. The molecule has 1 saturated carbocycles. The van der Waals surface area contributed by atoms with Crippen LogP contribution in [0.15, 0.2) is 72.8 Å². The Morgan fingerprint density at radius 1 is 1.03 bits per heavy atom. The Hall–Kier alpha value is -2.61. The maximum Gasteiger partial charge on any atom is 0.217 e. The van der Waals surface area contributed by atoms with E-state index in [0.29, 0.717) is 5.92 Å². The van der Waals surface area contributed by atoms with E-state index in [9.17, 15) is 4.79 Å². The molecule has 2 aliphatic rings. The van der Waals surface area contributed by atoms with Crippen molar-refractivity contribution in [3.05, 3.63) is 83.9 Å². The summed E-state index contributed by atoms with van der Waals surface area (Å²) in [6, 6.07) is 21.9. The van der Waals surface area contributed by atoms with Crippen LogP contribution in [0.1, 0.15) is 76.3 Å². The van der Waals surface area contributed by atoms with Gasteiger partial charge in [-0.1, -0.05) is 99.0 Å². The second kappa shape index (κ2) is 9.90. The zero-order valence-electron chi connectivity index (χ0n) is 19.7. The van der Waals surface area contributed by atoms with Crippen LogP contribution < -0.4 is 5.32 Å². The molecule has 0 spiro atoms. The molecule has 1 unspecified atom stereocenters. The van der Waals surface area contributed by atoms with Crippen molar-refractivity contribution >= 4 is 17.1 Å². The van der Waals surface area contributed by atoms with Crippen LogP contribution in [0, 0.1) is 11.3 Å². The van der Waals surface area contributed by atoms with Gasteiger partial charge in [0.2, 0.25) is 5.91 Å². The number of carbonyl (C=O) groups is 1. The number of unbranched alkanes of at least 4 members (excludes halogenated alkanes) is 3. The average Bonchev–Trinajstić information content (AvgIpc) is 3.32. The molecule has 0 heterocycles. The van der Waals surface area contributed by atoms with E-state index in [2.05, 4.69) is 72.9 Å². The Morgan fingerprint density at radius 3 is 2.38 bits per heavy atom. The van der Waals surface area contributed by atoms with Gasteiger partial charge in [-0.2, -0.15) is 0 Å². The van der Waals surface area contributed by atoms with E-state index in [4.69, 9.17) is 6.58 Å². The summed E-state index contributed by atoms with van der Waals surface area (Å²) >= 11 is 0. The number of amides is 1. The van der Waals surface area contributed by atoms with Crippen molar-refractivity contribution in [2.24, 2.45) is 11.3 Å². The van der Waals surface area contributed by atoms with Gasteiger partial charge in [0, 0.05) is 18.4 Å². The Balaban J connectivity index is 1.81. The highest BCUT2D eigenvalue weighted by molar-refractivity contribution is 5.90. The number of fused-ring (bicyclic) bond motifs is 1. The molecular weight excluding hydrogens is 390 g/mol. The van der Waals surface area contributed by atoms with Crippen LogP contribution in [-0.2, 0) is 4.79 Å². The molecular formula is C30H37NO. The number of nitrogens with one attached hydrogen (secondary N) is 1. The smallest absolute Gasteiger partial charge is 0.217 e. The molecule has 0 saturated heterocycles. The largest absolute Gasteiger partial charge is 0.353 e. The summed E-state index contributed by atoms with van der Waals surface area (Å²) in [5.41, 5.74) is 6.75. The summed E-state index contributed by atoms with van der Waals surface area (Å²) in [7, 11) is 0. The number of allylic oxidation sites excluding steroid dienone is 3. The molecule has 32 heavy (non-hydrogen) atoms. The molecule has 0 aliphatic heterocycles. The minimum atomic E-state index is -0.115. The second-order valence-electron chi connectivity index (χ2n) is 9.63. The highest BCUT2D eigenvalue weighted by atomic mass is 16.1. The third-order valence-electron chi connectivity index (χ3n) is 7.68. The molecule has 2 aromatic carbocycles. The van der Waals surface area contributed by atoms with Crippen LogP contribution in [0.3, 0.4) is 0 Å². The molecule has 2 aromatic rings. The monoisotopic (exact) mass is 427 g/mol. The molecule has 4 rings (SSSR count). The number of hydrogen-bond donors (Lipinski definition) is 1. The maximum atomic E-state index is 12.1. The van der Waals surface area contributed by atoms with Crippen molar-refractivity contribution < 1.29 is 4.79 Å². The third-order valence-corrected chi connectivity index (χ3v) is 7.68. The zero-order chi connectivity index (χ0) is 22.6. The van der Waals surface area contributed by atoms with Gasteiger partial charge in [0.25, 0.3) is 0 Å².